The molecule has 3 rings (SSSR count). The number of anilines is 1. The fourth-order valence-corrected chi connectivity index (χ4v) is 2.85. The van der Waals surface area contributed by atoms with E-state index in [4.69, 9.17) is 0 Å². The van der Waals surface area contributed by atoms with Crippen molar-refractivity contribution in [1.29, 1.82) is 5.26 Å². The summed E-state index contributed by atoms with van der Waals surface area (Å²) in [4.78, 5) is 1.99. The lowest BCUT2D eigenvalue weighted by molar-refractivity contribution is -0.137. The number of hydrogen-bond donors (Lipinski definition) is 0. The summed E-state index contributed by atoms with van der Waals surface area (Å²) in [6, 6.07) is 18.3. The van der Waals surface area contributed by atoms with Crippen molar-refractivity contribution >= 4 is 17.3 Å². The summed E-state index contributed by atoms with van der Waals surface area (Å²) in [6.45, 7) is 0. The molecular weight excluding hydrogens is 363 g/mol. The standard InChI is InChI=1S/C22H18F3N3/c1-27(2)19-8-10-20(11-9-19)28-12-4-7-21(28)14-17(15-26)16-5-3-6-18(13-16)22(23,24)25/h3-14H,1-2H3/b17-14-. The molecule has 0 spiro atoms. The monoisotopic (exact) mass is 381 g/mol. The SMILES string of the molecule is CN(C)c1ccc(-n2cccc2/C=C(/C#N)c2cccc(C(F)(F)F)c2)cc1. The van der Waals surface area contributed by atoms with Gasteiger partial charge in [-0.2, -0.15) is 18.4 Å². The second-order valence-corrected chi connectivity index (χ2v) is 6.46. The average molecular weight is 381 g/mol. The Morgan fingerprint density at radius 3 is 2.36 bits per heavy atom. The molecular formula is C22H18F3N3. The molecule has 6 heteroatoms. The third-order valence-electron chi connectivity index (χ3n) is 4.34. The van der Waals surface area contributed by atoms with Crippen LogP contribution in [0.5, 0.6) is 0 Å². The summed E-state index contributed by atoms with van der Waals surface area (Å²) >= 11 is 0. The number of nitriles is 1. The minimum absolute atomic E-state index is 0.163. The predicted molar refractivity (Wildman–Crippen MR) is 105 cm³/mol. The first-order valence-corrected chi connectivity index (χ1v) is 8.54. The fraction of sp³-hybridized carbons (Fsp3) is 0.136. The van der Waals surface area contributed by atoms with Crippen molar-refractivity contribution in [2.24, 2.45) is 0 Å². The molecule has 28 heavy (non-hydrogen) atoms. The van der Waals surface area contributed by atoms with Gasteiger partial charge in [0.15, 0.2) is 0 Å². The van der Waals surface area contributed by atoms with Crippen molar-refractivity contribution in [3.63, 3.8) is 0 Å². The van der Waals surface area contributed by atoms with Gasteiger partial charge in [-0.25, -0.2) is 0 Å². The largest absolute Gasteiger partial charge is 0.416 e. The first kappa shape index (κ1) is 19.3. The van der Waals surface area contributed by atoms with Crippen molar-refractivity contribution in [3.05, 3.63) is 83.7 Å². The van der Waals surface area contributed by atoms with Gasteiger partial charge in [-0.05, 0) is 60.2 Å². The first-order chi connectivity index (χ1) is 13.3. The molecule has 2 aromatic carbocycles. The molecule has 0 atom stereocenters. The molecule has 0 aliphatic heterocycles. The lowest BCUT2D eigenvalue weighted by Gasteiger charge is -2.14. The smallest absolute Gasteiger partial charge is 0.378 e. The zero-order valence-corrected chi connectivity index (χ0v) is 15.4. The van der Waals surface area contributed by atoms with E-state index in [9.17, 15) is 18.4 Å². The van der Waals surface area contributed by atoms with E-state index in [0.29, 0.717) is 5.69 Å². The van der Waals surface area contributed by atoms with Crippen LogP contribution in [0, 0.1) is 11.3 Å². The van der Waals surface area contributed by atoms with Gasteiger partial charge in [0.05, 0.1) is 17.2 Å². The summed E-state index contributed by atoms with van der Waals surface area (Å²) in [5.41, 5.74) is 2.26. The van der Waals surface area contributed by atoms with Crippen LogP contribution in [0.2, 0.25) is 0 Å². The van der Waals surface area contributed by atoms with E-state index < -0.39 is 11.7 Å². The molecule has 1 heterocycles. The van der Waals surface area contributed by atoms with Crippen LogP contribution in [-0.4, -0.2) is 18.7 Å². The van der Waals surface area contributed by atoms with Crippen LogP contribution in [0.1, 0.15) is 16.8 Å². The number of aromatic nitrogens is 1. The molecule has 0 unspecified atom stereocenters. The third-order valence-corrected chi connectivity index (χ3v) is 4.34. The van der Waals surface area contributed by atoms with Crippen molar-refractivity contribution < 1.29 is 13.2 Å². The van der Waals surface area contributed by atoms with E-state index in [2.05, 4.69) is 0 Å². The molecule has 0 saturated carbocycles. The van der Waals surface area contributed by atoms with Crippen LogP contribution in [0.15, 0.2) is 66.9 Å². The molecule has 0 N–H and O–H groups in total. The van der Waals surface area contributed by atoms with Crippen LogP contribution < -0.4 is 4.90 Å². The van der Waals surface area contributed by atoms with E-state index in [0.717, 1.165) is 23.5 Å². The number of hydrogen-bond acceptors (Lipinski definition) is 2. The molecule has 3 nitrogen and oxygen atoms in total. The molecule has 0 radical (unpaired) electrons. The number of halogens is 3. The van der Waals surface area contributed by atoms with Gasteiger partial charge in [0, 0.05) is 37.4 Å². The maximum atomic E-state index is 13.0. The van der Waals surface area contributed by atoms with E-state index in [1.165, 1.54) is 12.1 Å². The van der Waals surface area contributed by atoms with Crippen LogP contribution in [0.4, 0.5) is 18.9 Å². The molecule has 0 aliphatic carbocycles. The Labute approximate surface area is 161 Å². The van der Waals surface area contributed by atoms with Gasteiger partial charge in [-0.1, -0.05) is 12.1 Å². The van der Waals surface area contributed by atoms with Crippen molar-refractivity contribution in [1.82, 2.24) is 4.57 Å². The maximum Gasteiger partial charge on any atom is 0.416 e. The highest BCUT2D eigenvalue weighted by Crippen LogP contribution is 2.31. The number of rotatable bonds is 4. The van der Waals surface area contributed by atoms with Gasteiger partial charge in [0.2, 0.25) is 0 Å². The Morgan fingerprint density at radius 2 is 1.75 bits per heavy atom. The van der Waals surface area contributed by atoms with E-state index in [1.54, 1.807) is 6.08 Å². The fourth-order valence-electron chi connectivity index (χ4n) is 2.85. The zero-order chi connectivity index (χ0) is 20.3. The summed E-state index contributed by atoms with van der Waals surface area (Å²) in [5.74, 6) is 0. The Balaban J connectivity index is 2.00. The Hall–Kier alpha value is -3.46. The van der Waals surface area contributed by atoms with Crippen molar-refractivity contribution in [2.75, 3.05) is 19.0 Å². The van der Waals surface area contributed by atoms with Crippen LogP contribution >= 0.6 is 0 Å². The van der Waals surface area contributed by atoms with Crippen molar-refractivity contribution in [3.8, 4) is 11.8 Å². The summed E-state index contributed by atoms with van der Waals surface area (Å²) in [5, 5.41) is 9.52. The van der Waals surface area contributed by atoms with Gasteiger partial charge in [0.1, 0.15) is 0 Å². The average Bonchev–Trinajstić information content (AvgIpc) is 3.13. The Bertz CT molecular complexity index is 1040. The highest BCUT2D eigenvalue weighted by atomic mass is 19.4. The van der Waals surface area contributed by atoms with Gasteiger partial charge in [-0.15, -0.1) is 0 Å². The first-order valence-electron chi connectivity index (χ1n) is 8.54. The molecule has 3 aromatic rings. The minimum Gasteiger partial charge on any atom is -0.378 e. The highest BCUT2D eigenvalue weighted by molar-refractivity contribution is 5.89. The number of alkyl halides is 3. The van der Waals surface area contributed by atoms with Gasteiger partial charge in [-0.3, -0.25) is 0 Å². The summed E-state index contributed by atoms with van der Waals surface area (Å²) in [7, 11) is 3.90. The minimum atomic E-state index is -4.45. The van der Waals surface area contributed by atoms with E-state index >= 15 is 0 Å². The molecule has 1 aromatic heterocycles. The third kappa shape index (κ3) is 4.09. The maximum absolute atomic E-state index is 13.0. The Morgan fingerprint density at radius 1 is 1.04 bits per heavy atom. The molecule has 0 amide bonds. The zero-order valence-electron chi connectivity index (χ0n) is 15.4. The summed E-state index contributed by atoms with van der Waals surface area (Å²) in [6.07, 6.45) is -1.02. The van der Waals surface area contributed by atoms with Crippen LogP contribution in [-0.2, 0) is 6.18 Å². The topological polar surface area (TPSA) is 32.0 Å². The number of benzene rings is 2. The lowest BCUT2D eigenvalue weighted by atomic mass is 10.0. The quantitative estimate of drug-likeness (QED) is 0.549. The molecule has 142 valence electrons. The molecule has 0 aliphatic rings. The predicted octanol–water partition coefficient (Wildman–Crippen LogP) is 5.63. The Kier molecular flexibility index (Phi) is 5.27. The van der Waals surface area contributed by atoms with Gasteiger partial charge < -0.3 is 9.47 Å². The lowest BCUT2D eigenvalue weighted by Crippen LogP contribution is -2.08. The molecule has 0 fully saturated rings. The van der Waals surface area contributed by atoms with E-state index in [-0.39, 0.29) is 11.1 Å². The van der Waals surface area contributed by atoms with Crippen LogP contribution in [0.25, 0.3) is 17.3 Å². The molecule has 0 saturated heterocycles. The summed E-state index contributed by atoms with van der Waals surface area (Å²) < 4.78 is 40.8. The van der Waals surface area contributed by atoms with Crippen LogP contribution in [0.3, 0.4) is 0 Å². The molecule has 0 bridgehead atoms. The highest BCUT2D eigenvalue weighted by Gasteiger charge is 2.30. The second-order valence-electron chi connectivity index (χ2n) is 6.46. The number of allylic oxidation sites excluding steroid dienone is 1. The number of nitrogens with zero attached hydrogens (tertiary/aromatic N) is 3. The van der Waals surface area contributed by atoms with E-state index in [1.807, 2.05) is 72.2 Å². The second kappa shape index (κ2) is 7.65. The van der Waals surface area contributed by atoms with Gasteiger partial charge in [0.25, 0.3) is 0 Å². The van der Waals surface area contributed by atoms with Gasteiger partial charge >= 0.3 is 6.18 Å². The van der Waals surface area contributed by atoms with Crippen molar-refractivity contribution in [2.45, 2.75) is 6.18 Å². The normalized spacial score (nSPS) is 11.9.